The van der Waals surface area contributed by atoms with Gasteiger partial charge in [-0.3, -0.25) is 4.79 Å². The number of carbonyl (C=O) groups is 1. The molecule has 3 aromatic heterocycles. The number of nitrogens with zero attached hydrogens (tertiary/aromatic N) is 4. The molecule has 1 aliphatic rings. The Bertz CT molecular complexity index is 1110. The molecule has 8 nitrogen and oxygen atoms in total. The number of rotatable bonds is 6. The highest BCUT2D eigenvalue weighted by molar-refractivity contribution is 7.99. The Morgan fingerprint density at radius 2 is 2.10 bits per heavy atom. The van der Waals surface area contributed by atoms with Crippen LogP contribution in [0.2, 0.25) is 0 Å². The summed E-state index contributed by atoms with van der Waals surface area (Å²) in [5.74, 6) is 1.54. The summed E-state index contributed by atoms with van der Waals surface area (Å²) in [5, 5.41) is 20.9. The minimum Gasteiger partial charge on any atom is -0.469 e. The minimum atomic E-state index is -0.215. The van der Waals surface area contributed by atoms with Gasteiger partial charge in [0.25, 0.3) is 11.1 Å². The lowest BCUT2D eigenvalue weighted by Gasteiger charge is -2.19. The second-order valence-electron chi connectivity index (χ2n) is 7.45. The molecular weight excluding hydrogens is 402 g/mol. The summed E-state index contributed by atoms with van der Waals surface area (Å²) in [6, 6.07) is 4.34. The fraction of sp³-hybridized carbons (Fsp3) is 0.429. The molecule has 30 heavy (non-hydrogen) atoms. The van der Waals surface area contributed by atoms with Crippen LogP contribution in [0.1, 0.15) is 54.3 Å². The van der Waals surface area contributed by atoms with E-state index in [9.17, 15) is 10.1 Å². The van der Waals surface area contributed by atoms with Crippen molar-refractivity contribution in [3.8, 4) is 17.5 Å². The van der Waals surface area contributed by atoms with Crippen molar-refractivity contribution in [2.24, 2.45) is 0 Å². The number of furan rings is 1. The van der Waals surface area contributed by atoms with E-state index in [0.29, 0.717) is 34.3 Å². The van der Waals surface area contributed by atoms with Gasteiger partial charge in [-0.15, -0.1) is 10.2 Å². The average Bonchev–Trinajstić information content (AvgIpc) is 3.50. The number of hydrogen-bond donors (Lipinski definition) is 1. The van der Waals surface area contributed by atoms with Crippen LogP contribution in [0.5, 0.6) is 0 Å². The monoisotopic (exact) mass is 425 g/mol. The number of nitriles is 1. The van der Waals surface area contributed by atoms with Gasteiger partial charge in [0.15, 0.2) is 0 Å². The van der Waals surface area contributed by atoms with Crippen molar-refractivity contribution in [2.45, 2.75) is 57.7 Å². The first-order chi connectivity index (χ1) is 14.5. The molecule has 0 aromatic carbocycles. The van der Waals surface area contributed by atoms with Crippen LogP contribution in [0.3, 0.4) is 0 Å². The van der Waals surface area contributed by atoms with Crippen molar-refractivity contribution in [1.29, 1.82) is 5.26 Å². The summed E-state index contributed by atoms with van der Waals surface area (Å²) < 4.78 is 13.0. The molecule has 3 aromatic rings. The highest BCUT2D eigenvalue weighted by Crippen LogP contribution is 2.37. The summed E-state index contributed by atoms with van der Waals surface area (Å²) in [5.41, 5.74) is 3.23. The number of aromatic nitrogens is 3. The van der Waals surface area contributed by atoms with Crippen LogP contribution in [0.15, 0.2) is 26.4 Å². The molecule has 0 unspecified atom stereocenters. The molecule has 1 fully saturated rings. The van der Waals surface area contributed by atoms with Crippen molar-refractivity contribution in [3.05, 3.63) is 34.9 Å². The lowest BCUT2D eigenvalue weighted by atomic mass is 10.2. The first kappa shape index (κ1) is 20.3. The van der Waals surface area contributed by atoms with Crippen molar-refractivity contribution >= 4 is 23.5 Å². The summed E-state index contributed by atoms with van der Waals surface area (Å²) in [6.45, 7) is 5.76. The van der Waals surface area contributed by atoms with Gasteiger partial charge in [0.1, 0.15) is 17.6 Å². The third kappa shape index (κ3) is 3.75. The number of amides is 1. The molecule has 0 saturated heterocycles. The summed E-state index contributed by atoms with van der Waals surface area (Å²) in [7, 11) is 0. The van der Waals surface area contributed by atoms with E-state index in [2.05, 4.69) is 26.2 Å². The van der Waals surface area contributed by atoms with Crippen LogP contribution in [0, 0.1) is 32.1 Å². The molecule has 4 rings (SSSR count). The molecule has 0 atom stereocenters. The van der Waals surface area contributed by atoms with Crippen molar-refractivity contribution in [1.82, 2.24) is 14.8 Å². The maximum atomic E-state index is 12.7. The number of thioether (sulfide) groups is 1. The van der Waals surface area contributed by atoms with Gasteiger partial charge in [-0.05, 0) is 45.2 Å². The highest BCUT2D eigenvalue weighted by atomic mass is 32.2. The predicted molar refractivity (Wildman–Crippen MR) is 112 cm³/mol. The molecule has 9 heteroatoms. The Balaban J connectivity index is 1.47. The standard InChI is InChI=1S/C21H23N5O3S/c1-12-13(2)26(15-6-4-5-7-15)19(17(12)10-22)23-18(27)11-30-21-25-24-20(29-21)16-8-9-28-14(16)3/h8-9,15H,4-7,11H2,1-3H3,(H,23,27). The van der Waals surface area contributed by atoms with Crippen LogP contribution in [-0.2, 0) is 4.79 Å². The van der Waals surface area contributed by atoms with Gasteiger partial charge in [-0.1, -0.05) is 24.6 Å². The largest absolute Gasteiger partial charge is 0.469 e. The maximum Gasteiger partial charge on any atom is 0.277 e. The average molecular weight is 426 g/mol. The first-order valence-corrected chi connectivity index (χ1v) is 10.9. The van der Waals surface area contributed by atoms with Crippen molar-refractivity contribution < 1.29 is 13.6 Å². The molecule has 0 radical (unpaired) electrons. The normalized spacial score (nSPS) is 14.2. The predicted octanol–water partition coefficient (Wildman–Crippen LogP) is 4.77. The SMILES string of the molecule is Cc1occc1-c1nnc(SCC(=O)Nc2c(C#N)c(C)c(C)n2C2CCCC2)o1. The van der Waals surface area contributed by atoms with Crippen molar-refractivity contribution in [3.63, 3.8) is 0 Å². The number of anilines is 1. The Morgan fingerprint density at radius 1 is 1.33 bits per heavy atom. The van der Waals surface area contributed by atoms with Gasteiger partial charge in [-0.2, -0.15) is 5.26 Å². The van der Waals surface area contributed by atoms with Crippen LogP contribution < -0.4 is 5.32 Å². The molecule has 0 aliphatic heterocycles. The zero-order valence-electron chi connectivity index (χ0n) is 17.2. The van der Waals surface area contributed by atoms with Gasteiger partial charge >= 0.3 is 0 Å². The van der Waals surface area contributed by atoms with E-state index in [1.807, 2.05) is 20.8 Å². The van der Waals surface area contributed by atoms with Crippen molar-refractivity contribution in [2.75, 3.05) is 11.1 Å². The molecule has 3 heterocycles. The third-order valence-electron chi connectivity index (χ3n) is 5.64. The van der Waals surface area contributed by atoms with Crippen LogP contribution in [-0.4, -0.2) is 26.4 Å². The zero-order chi connectivity index (χ0) is 21.3. The summed E-state index contributed by atoms with van der Waals surface area (Å²) >= 11 is 1.16. The molecular formula is C21H23N5O3S. The van der Waals surface area contributed by atoms with Gasteiger partial charge in [-0.25, -0.2) is 0 Å². The van der Waals surface area contributed by atoms with E-state index < -0.39 is 0 Å². The number of aryl methyl sites for hydroxylation is 1. The van der Waals surface area contributed by atoms with E-state index in [0.717, 1.165) is 41.4 Å². The van der Waals surface area contributed by atoms with Gasteiger partial charge in [0, 0.05) is 11.7 Å². The second-order valence-corrected chi connectivity index (χ2v) is 8.38. The van der Waals surface area contributed by atoms with Crippen LogP contribution in [0.25, 0.3) is 11.5 Å². The Kier molecular flexibility index (Phi) is 5.68. The van der Waals surface area contributed by atoms with Gasteiger partial charge in [0.2, 0.25) is 5.91 Å². The van der Waals surface area contributed by atoms with Crippen LogP contribution in [0.4, 0.5) is 5.82 Å². The Morgan fingerprint density at radius 3 is 2.77 bits per heavy atom. The van der Waals surface area contributed by atoms with E-state index in [4.69, 9.17) is 8.83 Å². The maximum absolute atomic E-state index is 12.7. The Hall–Kier alpha value is -2.99. The number of nitrogens with one attached hydrogen (secondary N) is 1. The number of carbonyl (C=O) groups excluding carboxylic acids is 1. The zero-order valence-corrected chi connectivity index (χ0v) is 18.0. The fourth-order valence-electron chi connectivity index (χ4n) is 3.98. The molecule has 1 N–H and O–H groups in total. The molecule has 0 bridgehead atoms. The molecule has 1 amide bonds. The van der Waals surface area contributed by atoms with E-state index in [1.165, 1.54) is 12.8 Å². The summed E-state index contributed by atoms with van der Waals surface area (Å²) in [4.78, 5) is 12.7. The van der Waals surface area contributed by atoms with E-state index in [-0.39, 0.29) is 11.7 Å². The minimum absolute atomic E-state index is 0.102. The molecule has 156 valence electrons. The second kappa shape index (κ2) is 8.40. The van der Waals surface area contributed by atoms with E-state index >= 15 is 0 Å². The molecule has 0 spiro atoms. The van der Waals surface area contributed by atoms with Gasteiger partial charge in [0.05, 0.1) is 23.1 Å². The van der Waals surface area contributed by atoms with Gasteiger partial charge < -0.3 is 18.7 Å². The van der Waals surface area contributed by atoms with E-state index in [1.54, 1.807) is 12.3 Å². The smallest absolute Gasteiger partial charge is 0.277 e. The topological polar surface area (TPSA) is 110 Å². The first-order valence-electron chi connectivity index (χ1n) is 9.91. The quantitative estimate of drug-likeness (QED) is 0.566. The summed E-state index contributed by atoms with van der Waals surface area (Å²) in [6.07, 6.45) is 6.03. The molecule has 1 aliphatic carbocycles. The lowest BCUT2D eigenvalue weighted by Crippen LogP contribution is -2.19. The Labute approximate surface area is 178 Å². The number of hydrogen-bond acceptors (Lipinski definition) is 7. The lowest BCUT2D eigenvalue weighted by molar-refractivity contribution is -0.113. The highest BCUT2D eigenvalue weighted by Gasteiger charge is 2.26. The van der Waals surface area contributed by atoms with Crippen LogP contribution >= 0.6 is 11.8 Å². The fourth-order valence-corrected chi connectivity index (χ4v) is 4.55. The third-order valence-corrected chi connectivity index (χ3v) is 6.46. The molecule has 1 saturated carbocycles.